The Morgan fingerprint density at radius 3 is 2.30 bits per heavy atom. The molecule has 0 aromatic heterocycles. The molecule has 20 heavy (non-hydrogen) atoms. The van der Waals surface area contributed by atoms with E-state index in [1.165, 1.54) is 19.9 Å². The van der Waals surface area contributed by atoms with E-state index in [4.69, 9.17) is 0 Å². The molecule has 0 heterocycles. The van der Waals surface area contributed by atoms with Crippen molar-refractivity contribution in [2.24, 2.45) is 23.2 Å². The summed E-state index contributed by atoms with van der Waals surface area (Å²) in [4.78, 5) is 24.6. The van der Waals surface area contributed by atoms with Gasteiger partial charge in [-0.3, -0.25) is 9.59 Å². The van der Waals surface area contributed by atoms with Gasteiger partial charge in [0, 0.05) is 23.2 Å². The normalized spacial score (nSPS) is 53.9. The first-order valence-corrected chi connectivity index (χ1v) is 6.95. The van der Waals surface area contributed by atoms with Crippen molar-refractivity contribution in [2.45, 2.75) is 38.9 Å². The van der Waals surface area contributed by atoms with Gasteiger partial charge in [-0.1, -0.05) is 24.6 Å². The van der Waals surface area contributed by atoms with E-state index < -0.39 is 34.4 Å². The lowest BCUT2D eigenvalue weighted by atomic mass is 9.42. The van der Waals surface area contributed by atoms with Crippen LogP contribution in [0.1, 0.15) is 27.7 Å². The lowest BCUT2D eigenvalue weighted by Gasteiger charge is -2.61. The van der Waals surface area contributed by atoms with Gasteiger partial charge in [0.05, 0.1) is 0 Å². The Hall–Kier alpha value is -1.26. The van der Waals surface area contributed by atoms with Gasteiger partial charge in [-0.15, -0.1) is 0 Å². The number of aliphatic hydroxyl groups is 2. The minimum absolute atomic E-state index is 0.221. The first kappa shape index (κ1) is 13.7. The third-order valence-corrected chi connectivity index (χ3v) is 5.68. The minimum atomic E-state index is -1.56. The number of hydrogen-bond acceptors (Lipinski definition) is 4. The van der Waals surface area contributed by atoms with Gasteiger partial charge in [-0.25, -0.2) is 0 Å². The SMILES string of the molecule is CC1=C[C@@H]2C(=O)[C@@](C)(O)[C@H]1[C@H]1[C@]2(C)C=CC(=O)[C@@]1(C)O. The summed E-state index contributed by atoms with van der Waals surface area (Å²) in [5, 5.41) is 21.3. The van der Waals surface area contributed by atoms with Crippen molar-refractivity contribution in [1.82, 2.24) is 0 Å². The topological polar surface area (TPSA) is 74.6 Å². The number of allylic oxidation sites excluding steroid dienone is 2. The van der Waals surface area contributed by atoms with Crippen LogP contribution in [-0.2, 0) is 9.59 Å². The van der Waals surface area contributed by atoms with Crippen LogP contribution in [0.3, 0.4) is 0 Å². The molecule has 0 aliphatic heterocycles. The minimum Gasteiger partial charge on any atom is -0.382 e. The monoisotopic (exact) mass is 276 g/mol. The van der Waals surface area contributed by atoms with Crippen LogP contribution >= 0.6 is 0 Å². The van der Waals surface area contributed by atoms with Crippen LogP contribution < -0.4 is 0 Å². The van der Waals surface area contributed by atoms with Gasteiger partial charge in [-0.05, 0) is 26.8 Å². The van der Waals surface area contributed by atoms with Gasteiger partial charge >= 0.3 is 0 Å². The average Bonchev–Trinajstić information content (AvgIpc) is 2.33. The lowest BCUT2D eigenvalue weighted by molar-refractivity contribution is -0.189. The Morgan fingerprint density at radius 1 is 1.10 bits per heavy atom. The number of hydrogen-bond donors (Lipinski definition) is 2. The van der Waals surface area contributed by atoms with Gasteiger partial charge in [0.25, 0.3) is 0 Å². The molecule has 0 amide bonds. The Bertz CT molecular complexity index is 581. The molecule has 1 saturated carbocycles. The molecule has 4 heteroatoms. The second kappa shape index (κ2) is 3.49. The smallest absolute Gasteiger partial charge is 0.186 e. The Kier molecular flexibility index (Phi) is 2.39. The fourth-order valence-corrected chi connectivity index (χ4v) is 4.67. The number of carbonyl (C=O) groups excluding carboxylic acids is 2. The van der Waals surface area contributed by atoms with E-state index in [2.05, 4.69) is 0 Å². The molecule has 0 unspecified atom stereocenters. The molecule has 0 saturated heterocycles. The molecule has 0 aromatic carbocycles. The van der Waals surface area contributed by atoms with Gasteiger partial charge in [-0.2, -0.15) is 0 Å². The van der Waals surface area contributed by atoms with Crippen LogP contribution in [0.25, 0.3) is 0 Å². The van der Waals surface area contributed by atoms with Crippen molar-refractivity contribution in [2.75, 3.05) is 0 Å². The van der Waals surface area contributed by atoms with Crippen molar-refractivity contribution < 1.29 is 19.8 Å². The molecule has 4 nitrogen and oxygen atoms in total. The highest BCUT2D eigenvalue weighted by molar-refractivity contribution is 6.01. The molecule has 1 fully saturated rings. The molecular weight excluding hydrogens is 256 g/mol. The molecule has 2 bridgehead atoms. The van der Waals surface area contributed by atoms with Crippen molar-refractivity contribution in [3.05, 3.63) is 23.8 Å². The van der Waals surface area contributed by atoms with Crippen molar-refractivity contribution in [3.63, 3.8) is 0 Å². The number of Topliss-reactive ketones (excluding diaryl/α,β-unsaturated/α-hetero) is 1. The third kappa shape index (κ3) is 1.29. The summed E-state index contributed by atoms with van der Waals surface area (Å²) in [6, 6.07) is 0. The maximum atomic E-state index is 12.5. The van der Waals surface area contributed by atoms with Gasteiger partial charge in [0.1, 0.15) is 11.2 Å². The fraction of sp³-hybridized carbons (Fsp3) is 0.625. The highest BCUT2D eigenvalue weighted by Gasteiger charge is 2.68. The van der Waals surface area contributed by atoms with E-state index in [1.54, 1.807) is 6.08 Å². The van der Waals surface area contributed by atoms with E-state index in [-0.39, 0.29) is 11.6 Å². The zero-order chi connectivity index (χ0) is 15.1. The maximum absolute atomic E-state index is 12.5. The molecule has 2 N–H and O–H groups in total. The van der Waals surface area contributed by atoms with E-state index in [1.807, 2.05) is 19.9 Å². The summed E-state index contributed by atoms with van der Waals surface area (Å²) >= 11 is 0. The van der Waals surface area contributed by atoms with Gasteiger partial charge in [0.15, 0.2) is 11.6 Å². The highest BCUT2D eigenvalue weighted by Crippen LogP contribution is 2.62. The molecule has 4 rings (SSSR count). The summed E-state index contributed by atoms with van der Waals surface area (Å²) in [5.74, 6) is -2.10. The Labute approximate surface area is 118 Å². The lowest BCUT2D eigenvalue weighted by Crippen LogP contribution is -2.70. The van der Waals surface area contributed by atoms with Crippen molar-refractivity contribution >= 4 is 11.6 Å². The van der Waals surface area contributed by atoms with Gasteiger partial charge < -0.3 is 10.2 Å². The quantitative estimate of drug-likeness (QED) is 0.648. The molecule has 6 atom stereocenters. The summed E-state index contributed by atoms with van der Waals surface area (Å²) in [6.45, 7) is 6.75. The fourth-order valence-electron chi connectivity index (χ4n) is 4.67. The van der Waals surface area contributed by atoms with E-state index in [0.29, 0.717) is 0 Å². The molecule has 4 aliphatic carbocycles. The first-order chi connectivity index (χ1) is 9.04. The first-order valence-electron chi connectivity index (χ1n) is 6.95. The molecule has 0 spiro atoms. The largest absolute Gasteiger partial charge is 0.382 e. The molecule has 4 aliphatic rings. The summed E-state index contributed by atoms with van der Waals surface area (Å²) in [6.07, 6.45) is 5.01. The van der Waals surface area contributed by atoms with Crippen LogP contribution in [-0.4, -0.2) is 33.0 Å². The zero-order valence-electron chi connectivity index (χ0n) is 12.2. The molecular formula is C16H20O4. The molecule has 0 aromatic rings. The number of rotatable bonds is 0. The van der Waals surface area contributed by atoms with Crippen LogP contribution in [0, 0.1) is 23.2 Å². The van der Waals surface area contributed by atoms with E-state index in [0.717, 1.165) is 5.57 Å². The predicted molar refractivity (Wildman–Crippen MR) is 72.7 cm³/mol. The van der Waals surface area contributed by atoms with Crippen LogP contribution in [0.5, 0.6) is 0 Å². The van der Waals surface area contributed by atoms with E-state index >= 15 is 0 Å². The molecule has 0 radical (unpaired) electrons. The predicted octanol–water partition coefficient (Wildman–Crippen LogP) is 1.02. The van der Waals surface area contributed by atoms with Crippen LogP contribution in [0.2, 0.25) is 0 Å². The number of carbonyl (C=O) groups is 2. The second-order valence-electron chi connectivity index (χ2n) is 7.07. The summed E-state index contributed by atoms with van der Waals surface area (Å²) < 4.78 is 0. The second-order valence-corrected chi connectivity index (χ2v) is 7.07. The average molecular weight is 276 g/mol. The number of ketones is 2. The van der Waals surface area contributed by atoms with Gasteiger partial charge in [0.2, 0.25) is 0 Å². The Morgan fingerprint density at radius 2 is 1.70 bits per heavy atom. The number of fused-ring (bicyclic) bond motifs is 1. The van der Waals surface area contributed by atoms with Crippen molar-refractivity contribution in [1.29, 1.82) is 0 Å². The molecule has 108 valence electrons. The standard InChI is InChI=1S/C16H20O4/c1-8-7-9-13(18)16(4,20)11(8)12-14(9,2)6-5-10(17)15(12,3)19/h5-7,9,11-12,19-20H,1-4H3/t9-,11-,12+,14-,15-,16+/m1/s1. The summed E-state index contributed by atoms with van der Waals surface area (Å²) in [7, 11) is 0. The summed E-state index contributed by atoms with van der Waals surface area (Å²) in [5.41, 5.74) is -2.83. The third-order valence-electron chi connectivity index (χ3n) is 5.68. The van der Waals surface area contributed by atoms with E-state index in [9.17, 15) is 19.8 Å². The zero-order valence-corrected chi connectivity index (χ0v) is 12.2. The highest BCUT2D eigenvalue weighted by atomic mass is 16.3. The Balaban J connectivity index is 2.30. The van der Waals surface area contributed by atoms with Crippen LogP contribution in [0.15, 0.2) is 23.8 Å². The van der Waals surface area contributed by atoms with Crippen molar-refractivity contribution in [3.8, 4) is 0 Å². The maximum Gasteiger partial charge on any atom is 0.186 e. The van der Waals surface area contributed by atoms with Crippen LogP contribution in [0.4, 0.5) is 0 Å².